The minimum Gasteiger partial charge on any atom is -0.505 e. The van der Waals surface area contributed by atoms with Crippen molar-refractivity contribution in [3.63, 3.8) is 0 Å². The number of pyridine rings is 1. The topological polar surface area (TPSA) is 122 Å². The number of aromatic hydroxyl groups is 1. The number of hydrogen-bond acceptors (Lipinski definition) is 7. The minimum atomic E-state index is -1.00. The number of aromatic nitrogens is 1. The number of ether oxygens (including phenoxy) is 2. The van der Waals surface area contributed by atoms with Crippen LogP contribution in [0, 0.1) is 16.7 Å². The molecular formula is C26H33N3O5. The van der Waals surface area contributed by atoms with Gasteiger partial charge in [0.05, 0.1) is 11.5 Å². The minimum absolute atomic E-state index is 0.0125. The molecule has 1 heterocycles. The number of carbonyl (C=O) groups excluding carboxylic acids is 2. The molecule has 1 aromatic carbocycles. The van der Waals surface area contributed by atoms with E-state index in [0.29, 0.717) is 16.5 Å². The molecule has 0 atom stereocenters. The number of carbonyl (C=O) groups is 2. The van der Waals surface area contributed by atoms with Crippen LogP contribution >= 0.6 is 0 Å². The van der Waals surface area contributed by atoms with Gasteiger partial charge in [0.25, 0.3) is 5.91 Å². The maximum absolute atomic E-state index is 12.8. The molecule has 0 aliphatic heterocycles. The highest BCUT2D eigenvalue weighted by molar-refractivity contribution is 6.03. The number of nitrogens with one attached hydrogen (secondary N) is 1. The number of amides is 1. The third-order valence-electron chi connectivity index (χ3n) is 5.77. The highest BCUT2D eigenvalue weighted by Gasteiger charge is 2.33. The molecule has 182 valence electrons. The van der Waals surface area contributed by atoms with E-state index in [1.165, 1.54) is 6.42 Å². The molecule has 2 aromatic rings. The molecule has 3 rings (SSSR count). The Morgan fingerprint density at radius 2 is 1.82 bits per heavy atom. The number of esters is 1. The van der Waals surface area contributed by atoms with E-state index in [-0.39, 0.29) is 29.8 Å². The highest BCUT2D eigenvalue weighted by Crippen LogP contribution is 2.33. The van der Waals surface area contributed by atoms with E-state index in [1.54, 1.807) is 52.8 Å². The first kappa shape index (κ1) is 25.3. The van der Waals surface area contributed by atoms with Gasteiger partial charge in [-0.25, -0.2) is 4.98 Å². The van der Waals surface area contributed by atoms with Crippen LogP contribution in [-0.2, 0) is 9.53 Å². The van der Waals surface area contributed by atoms with Gasteiger partial charge >= 0.3 is 5.97 Å². The second-order valence-corrected chi connectivity index (χ2v) is 10.4. The van der Waals surface area contributed by atoms with E-state index in [4.69, 9.17) is 9.47 Å². The van der Waals surface area contributed by atoms with Crippen LogP contribution in [0.4, 0.5) is 0 Å². The SMILES string of the molecule is CC(C)(C)OC(=O)C(C)(C)CNC(=O)c1nc(C#N)c2cc(OC3CCCCC3)ccc2c1O. The number of nitriles is 1. The summed E-state index contributed by atoms with van der Waals surface area (Å²) in [6, 6.07) is 7.05. The van der Waals surface area contributed by atoms with Crippen LogP contribution < -0.4 is 10.1 Å². The normalized spacial score (nSPS) is 14.9. The van der Waals surface area contributed by atoms with Crippen molar-refractivity contribution < 1.29 is 24.2 Å². The van der Waals surface area contributed by atoms with Gasteiger partial charge in [0.15, 0.2) is 11.4 Å². The Bertz CT molecular complexity index is 1120. The number of benzene rings is 1. The van der Waals surface area contributed by atoms with Gasteiger partial charge in [-0.15, -0.1) is 0 Å². The van der Waals surface area contributed by atoms with Crippen LogP contribution in [0.1, 0.15) is 82.9 Å². The van der Waals surface area contributed by atoms with E-state index in [9.17, 15) is 20.0 Å². The van der Waals surface area contributed by atoms with Crippen molar-refractivity contribution in [1.82, 2.24) is 10.3 Å². The van der Waals surface area contributed by atoms with Crippen LogP contribution in [0.25, 0.3) is 10.8 Å². The zero-order valence-corrected chi connectivity index (χ0v) is 20.5. The summed E-state index contributed by atoms with van der Waals surface area (Å²) in [5.74, 6) is -0.867. The fourth-order valence-electron chi connectivity index (χ4n) is 3.84. The zero-order chi connectivity index (χ0) is 25.1. The third kappa shape index (κ3) is 5.96. The van der Waals surface area contributed by atoms with Gasteiger partial charge in [0, 0.05) is 17.3 Å². The summed E-state index contributed by atoms with van der Waals surface area (Å²) in [6.07, 6.45) is 5.60. The third-order valence-corrected chi connectivity index (χ3v) is 5.77. The lowest BCUT2D eigenvalue weighted by Crippen LogP contribution is -2.42. The van der Waals surface area contributed by atoms with E-state index >= 15 is 0 Å². The predicted octanol–water partition coefficient (Wildman–Crippen LogP) is 4.62. The van der Waals surface area contributed by atoms with Crippen LogP contribution in [0.15, 0.2) is 18.2 Å². The lowest BCUT2D eigenvalue weighted by molar-refractivity contribution is -0.165. The molecule has 1 aliphatic rings. The van der Waals surface area contributed by atoms with Gasteiger partial charge in [-0.1, -0.05) is 6.42 Å². The maximum atomic E-state index is 12.8. The van der Waals surface area contributed by atoms with Crippen molar-refractivity contribution in [2.75, 3.05) is 6.54 Å². The summed E-state index contributed by atoms with van der Waals surface area (Å²) < 4.78 is 11.5. The summed E-state index contributed by atoms with van der Waals surface area (Å²) in [4.78, 5) is 29.4. The lowest BCUT2D eigenvalue weighted by atomic mass is 9.93. The van der Waals surface area contributed by atoms with Crippen LogP contribution in [0.2, 0.25) is 0 Å². The molecule has 0 saturated heterocycles. The molecule has 1 amide bonds. The van der Waals surface area contributed by atoms with Crippen molar-refractivity contribution >= 4 is 22.6 Å². The van der Waals surface area contributed by atoms with Crippen molar-refractivity contribution in [3.05, 3.63) is 29.6 Å². The van der Waals surface area contributed by atoms with Gasteiger partial charge in [-0.2, -0.15) is 5.26 Å². The highest BCUT2D eigenvalue weighted by atomic mass is 16.6. The second-order valence-electron chi connectivity index (χ2n) is 10.4. The molecular weight excluding hydrogens is 434 g/mol. The van der Waals surface area contributed by atoms with Crippen LogP contribution in [0.3, 0.4) is 0 Å². The molecule has 8 heteroatoms. The predicted molar refractivity (Wildman–Crippen MR) is 128 cm³/mol. The molecule has 2 N–H and O–H groups in total. The Labute approximate surface area is 200 Å². The summed E-state index contributed by atoms with van der Waals surface area (Å²) in [5.41, 5.74) is -1.92. The maximum Gasteiger partial charge on any atom is 0.313 e. The first-order valence-corrected chi connectivity index (χ1v) is 11.7. The number of fused-ring (bicyclic) bond motifs is 1. The molecule has 0 unspecified atom stereocenters. The molecule has 8 nitrogen and oxygen atoms in total. The van der Waals surface area contributed by atoms with Gasteiger partial charge in [0.1, 0.15) is 23.1 Å². The molecule has 1 aliphatic carbocycles. The Balaban J connectivity index is 1.81. The lowest BCUT2D eigenvalue weighted by Gasteiger charge is -2.28. The average molecular weight is 468 g/mol. The van der Waals surface area contributed by atoms with Gasteiger partial charge in [-0.3, -0.25) is 9.59 Å². The first-order chi connectivity index (χ1) is 15.9. The largest absolute Gasteiger partial charge is 0.505 e. The molecule has 0 radical (unpaired) electrons. The van der Waals surface area contributed by atoms with Crippen molar-refractivity contribution in [2.45, 2.75) is 78.4 Å². The Morgan fingerprint density at radius 1 is 1.15 bits per heavy atom. The van der Waals surface area contributed by atoms with E-state index < -0.39 is 22.9 Å². The standard InChI is InChI=1S/C26H33N3O5/c1-25(2,3)34-24(32)26(4,5)15-28-23(31)21-22(30)18-12-11-17(13-19(18)20(14-27)29-21)33-16-9-7-6-8-10-16/h11-13,16,30H,6-10,15H2,1-5H3,(H,28,31). The first-order valence-electron chi connectivity index (χ1n) is 11.7. The van der Waals surface area contributed by atoms with Gasteiger partial charge < -0.3 is 19.9 Å². The van der Waals surface area contributed by atoms with E-state index in [0.717, 1.165) is 25.7 Å². The summed E-state index contributed by atoms with van der Waals surface area (Å²) in [6.45, 7) is 8.59. The molecule has 0 bridgehead atoms. The average Bonchev–Trinajstić information content (AvgIpc) is 2.77. The number of nitrogens with zero attached hydrogens (tertiary/aromatic N) is 2. The second kappa shape index (κ2) is 9.88. The fourth-order valence-corrected chi connectivity index (χ4v) is 3.84. The molecule has 0 spiro atoms. The Hall–Kier alpha value is -3.34. The monoisotopic (exact) mass is 467 g/mol. The Morgan fingerprint density at radius 3 is 2.44 bits per heavy atom. The Kier molecular flexibility index (Phi) is 7.35. The zero-order valence-electron chi connectivity index (χ0n) is 20.5. The molecule has 1 fully saturated rings. The van der Waals surface area contributed by atoms with Crippen molar-refractivity contribution in [2.24, 2.45) is 5.41 Å². The van der Waals surface area contributed by atoms with Gasteiger partial charge in [0.2, 0.25) is 0 Å². The van der Waals surface area contributed by atoms with Crippen LogP contribution in [0.5, 0.6) is 11.5 Å². The summed E-state index contributed by atoms with van der Waals surface area (Å²) in [5, 5.41) is 23.8. The molecule has 1 saturated carbocycles. The quantitative estimate of drug-likeness (QED) is 0.594. The number of hydrogen-bond donors (Lipinski definition) is 2. The smallest absolute Gasteiger partial charge is 0.313 e. The van der Waals surface area contributed by atoms with Crippen LogP contribution in [-0.4, -0.2) is 40.2 Å². The van der Waals surface area contributed by atoms with Gasteiger partial charge in [-0.05, 0) is 78.5 Å². The van der Waals surface area contributed by atoms with E-state index in [2.05, 4.69) is 10.3 Å². The molecule has 34 heavy (non-hydrogen) atoms. The van der Waals surface area contributed by atoms with Crippen molar-refractivity contribution in [1.29, 1.82) is 5.26 Å². The summed E-state index contributed by atoms with van der Waals surface area (Å²) in [7, 11) is 0. The molecule has 1 aromatic heterocycles. The number of rotatable bonds is 6. The van der Waals surface area contributed by atoms with Crippen molar-refractivity contribution in [3.8, 4) is 17.6 Å². The fraction of sp³-hybridized carbons (Fsp3) is 0.538. The van der Waals surface area contributed by atoms with E-state index in [1.807, 2.05) is 6.07 Å². The summed E-state index contributed by atoms with van der Waals surface area (Å²) >= 11 is 0.